The van der Waals surface area contributed by atoms with E-state index in [0.717, 1.165) is 6.42 Å². The highest BCUT2D eigenvalue weighted by Crippen LogP contribution is 2.12. The Morgan fingerprint density at radius 2 is 1.17 bits per heavy atom. The molecule has 0 N–H and O–H groups in total. The molecule has 0 radical (unpaired) electrons. The van der Waals surface area contributed by atoms with E-state index in [1.54, 1.807) is 13.8 Å². The van der Waals surface area contributed by atoms with Crippen LogP contribution in [0.25, 0.3) is 0 Å². The van der Waals surface area contributed by atoms with Gasteiger partial charge in [-0.2, -0.15) is 0 Å². The van der Waals surface area contributed by atoms with Crippen LogP contribution in [0, 0.1) is 0 Å². The average molecular weight is 425 g/mol. The quantitative estimate of drug-likeness (QED) is 0.118. The summed E-state index contributed by atoms with van der Waals surface area (Å²) in [6.45, 7) is 14.2. The van der Waals surface area contributed by atoms with Crippen LogP contribution in [0.2, 0.25) is 0 Å². The zero-order valence-corrected chi connectivity index (χ0v) is 19.6. The van der Waals surface area contributed by atoms with Gasteiger partial charge in [0.05, 0.1) is 13.2 Å². The lowest BCUT2D eigenvalue weighted by atomic mass is 10.1. The van der Waals surface area contributed by atoms with Crippen molar-refractivity contribution in [2.24, 2.45) is 0 Å². The Kier molecular flexibility index (Phi) is 18.3. The van der Waals surface area contributed by atoms with E-state index in [2.05, 4.69) is 20.1 Å². The minimum atomic E-state index is -0.337. The van der Waals surface area contributed by atoms with Crippen LogP contribution in [-0.2, 0) is 23.8 Å². The highest BCUT2D eigenvalue weighted by Gasteiger charge is 2.24. The number of unbranched alkanes of at least 4 members (excludes halogenated alkanes) is 11. The standard InChI is InChI=1S/C18H34O2.C7H10O3/c1-4-5-6-7-8-9-10-11-12-13-14-15-16-20-18(19)17(2)3;1-5(2)7(8)10-4-6-3-9-6/h2,4-16H2,1,3H3;6H,1,3-4H2,2H3. The molecule has 5 nitrogen and oxygen atoms in total. The van der Waals surface area contributed by atoms with Crippen molar-refractivity contribution in [2.45, 2.75) is 104 Å². The normalized spacial score (nSPS) is 14.3. The second kappa shape index (κ2) is 19.3. The van der Waals surface area contributed by atoms with Crippen molar-refractivity contribution in [1.82, 2.24) is 0 Å². The van der Waals surface area contributed by atoms with Crippen molar-refractivity contribution in [3.05, 3.63) is 24.3 Å². The maximum Gasteiger partial charge on any atom is 0.333 e. The molecule has 0 spiro atoms. The summed E-state index contributed by atoms with van der Waals surface area (Å²) >= 11 is 0. The third-order valence-electron chi connectivity index (χ3n) is 4.73. The van der Waals surface area contributed by atoms with Gasteiger partial charge in [-0.1, -0.05) is 90.7 Å². The lowest BCUT2D eigenvalue weighted by Crippen LogP contribution is -2.09. The van der Waals surface area contributed by atoms with Crippen LogP contribution in [0.15, 0.2) is 24.3 Å². The molecule has 1 fully saturated rings. The van der Waals surface area contributed by atoms with Gasteiger partial charge in [-0.15, -0.1) is 0 Å². The molecule has 1 aliphatic rings. The molecule has 174 valence electrons. The van der Waals surface area contributed by atoms with Crippen LogP contribution in [0.1, 0.15) is 97.8 Å². The van der Waals surface area contributed by atoms with Gasteiger partial charge in [0.15, 0.2) is 0 Å². The minimum Gasteiger partial charge on any atom is -0.462 e. The SMILES string of the molecule is C=C(C)C(=O)OCC1CO1.C=C(C)C(=O)OCCCCCCCCCCCCCC. The van der Waals surface area contributed by atoms with Crippen molar-refractivity contribution < 1.29 is 23.8 Å². The number of hydrogen-bond donors (Lipinski definition) is 0. The maximum absolute atomic E-state index is 11.1. The van der Waals surface area contributed by atoms with E-state index in [-0.39, 0.29) is 18.0 Å². The summed E-state index contributed by atoms with van der Waals surface area (Å²) in [7, 11) is 0. The largest absolute Gasteiger partial charge is 0.462 e. The summed E-state index contributed by atoms with van der Waals surface area (Å²) in [5, 5.41) is 0. The molecule has 1 aliphatic heterocycles. The van der Waals surface area contributed by atoms with Crippen LogP contribution in [0.4, 0.5) is 0 Å². The van der Waals surface area contributed by atoms with Crippen LogP contribution in [-0.4, -0.2) is 37.9 Å². The van der Waals surface area contributed by atoms with Crippen molar-refractivity contribution in [3.63, 3.8) is 0 Å². The van der Waals surface area contributed by atoms with E-state index < -0.39 is 0 Å². The molecule has 1 unspecified atom stereocenters. The molecule has 30 heavy (non-hydrogen) atoms. The van der Waals surface area contributed by atoms with Gasteiger partial charge < -0.3 is 14.2 Å². The molecule has 0 aromatic heterocycles. The first-order valence-electron chi connectivity index (χ1n) is 11.6. The fourth-order valence-electron chi connectivity index (χ4n) is 2.69. The van der Waals surface area contributed by atoms with Crippen molar-refractivity contribution in [1.29, 1.82) is 0 Å². The summed E-state index contributed by atoms with van der Waals surface area (Å²) < 4.78 is 14.7. The lowest BCUT2D eigenvalue weighted by Gasteiger charge is -2.04. The van der Waals surface area contributed by atoms with Gasteiger partial charge in [0, 0.05) is 11.1 Å². The topological polar surface area (TPSA) is 65.1 Å². The Hall–Kier alpha value is -1.62. The number of carbonyl (C=O) groups excluding carboxylic acids is 2. The molecule has 0 saturated carbocycles. The predicted octanol–water partition coefficient (Wildman–Crippen LogP) is 6.31. The molecule has 0 bridgehead atoms. The van der Waals surface area contributed by atoms with E-state index in [4.69, 9.17) is 14.2 Å². The maximum atomic E-state index is 11.1. The molecule has 1 saturated heterocycles. The molecule has 5 heteroatoms. The number of ether oxygens (including phenoxy) is 3. The second-order valence-corrected chi connectivity index (χ2v) is 8.14. The molecule has 0 amide bonds. The number of hydrogen-bond acceptors (Lipinski definition) is 5. The van der Waals surface area contributed by atoms with Gasteiger partial charge in [-0.05, 0) is 20.3 Å². The molecule has 1 heterocycles. The Balaban J connectivity index is 0.000000696. The Labute approximate surface area is 184 Å². The van der Waals surface area contributed by atoms with Crippen molar-refractivity contribution in [2.75, 3.05) is 19.8 Å². The summed E-state index contributed by atoms with van der Waals surface area (Å²) in [4.78, 5) is 21.8. The third-order valence-corrected chi connectivity index (χ3v) is 4.73. The van der Waals surface area contributed by atoms with E-state index in [1.807, 2.05) is 0 Å². The fraction of sp³-hybridized carbons (Fsp3) is 0.760. The van der Waals surface area contributed by atoms with Crippen molar-refractivity contribution in [3.8, 4) is 0 Å². The first-order valence-corrected chi connectivity index (χ1v) is 11.6. The monoisotopic (exact) mass is 424 g/mol. The average Bonchev–Trinajstić information content (AvgIpc) is 3.54. The highest BCUT2D eigenvalue weighted by atomic mass is 16.6. The Morgan fingerprint density at radius 3 is 1.57 bits per heavy atom. The number of esters is 2. The zero-order valence-electron chi connectivity index (χ0n) is 19.6. The van der Waals surface area contributed by atoms with Gasteiger partial charge in [0.2, 0.25) is 0 Å². The third kappa shape index (κ3) is 19.7. The molecule has 1 rings (SSSR count). The predicted molar refractivity (Wildman–Crippen MR) is 122 cm³/mol. The van der Waals surface area contributed by atoms with Gasteiger partial charge in [0.25, 0.3) is 0 Å². The van der Waals surface area contributed by atoms with Crippen LogP contribution >= 0.6 is 0 Å². The van der Waals surface area contributed by atoms with E-state index >= 15 is 0 Å². The smallest absolute Gasteiger partial charge is 0.333 e. The Bertz CT molecular complexity index is 494. The Morgan fingerprint density at radius 1 is 0.767 bits per heavy atom. The first-order chi connectivity index (χ1) is 14.4. The van der Waals surface area contributed by atoms with E-state index in [0.29, 0.717) is 31.0 Å². The van der Waals surface area contributed by atoms with Crippen LogP contribution in [0.3, 0.4) is 0 Å². The summed E-state index contributed by atoms with van der Waals surface area (Å²) in [6.07, 6.45) is 16.0. The summed E-state index contributed by atoms with van der Waals surface area (Å²) in [6, 6.07) is 0. The van der Waals surface area contributed by atoms with E-state index in [1.165, 1.54) is 70.6 Å². The summed E-state index contributed by atoms with van der Waals surface area (Å²) in [5.74, 6) is -0.594. The highest BCUT2D eigenvalue weighted by molar-refractivity contribution is 5.87. The number of rotatable bonds is 17. The number of carbonyl (C=O) groups is 2. The van der Waals surface area contributed by atoms with E-state index in [9.17, 15) is 9.59 Å². The van der Waals surface area contributed by atoms with Gasteiger partial charge >= 0.3 is 11.9 Å². The number of epoxide rings is 1. The molecular weight excluding hydrogens is 380 g/mol. The lowest BCUT2D eigenvalue weighted by molar-refractivity contribution is -0.140. The first kappa shape index (κ1) is 28.4. The van der Waals surface area contributed by atoms with Crippen LogP contribution < -0.4 is 0 Å². The zero-order chi connectivity index (χ0) is 22.6. The van der Waals surface area contributed by atoms with Crippen LogP contribution in [0.5, 0.6) is 0 Å². The fourth-order valence-corrected chi connectivity index (χ4v) is 2.69. The van der Waals surface area contributed by atoms with Gasteiger partial charge in [-0.25, -0.2) is 9.59 Å². The minimum absolute atomic E-state index is 0.142. The molecular formula is C25H44O5. The molecule has 0 aromatic rings. The summed E-state index contributed by atoms with van der Waals surface area (Å²) in [5.41, 5.74) is 0.921. The van der Waals surface area contributed by atoms with Crippen molar-refractivity contribution >= 4 is 11.9 Å². The second-order valence-electron chi connectivity index (χ2n) is 8.14. The molecule has 0 aromatic carbocycles. The molecule has 1 atom stereocenters. The van der Waals surface area contributed by atoms with Gasteiger partial charge in [0.1, 0.15) is 12.7 Å². The molecule has 0 aliphatic carbocycles. The van der Waals surface area contributed by atoms with Gasteiger partial charge in [-0.3, -0.25) is 0 Å².